The summed E-state index contributed by atoms with van der Waals surface area (Å²) < 4.78 is 27.1. The van der Waals surface area contributed by atoms with Crippen LogP contribution in [0.4, 0.5) is 4.39 Å². The molecule has 0 aliphatic rings. The number of aliphatic hydroxyl groups is 1. The summed E-state index contributed by atoms with van der Waals surface area (Å²) in [6.45, 7) is 11.2. The first kappa shape index (κ1) is 26.9. The first-order chi connectivity index (χ1) is 16.7. The molecule has 35 heavy (non-hydrogen) atoms. The minimum Gasteiger partial charge on any atom is -0.439 e. The predicted molar refractivity (Wildman–Crippen MR) is 137 cm³/mol. The molecular formula is C28H38FN3O3. The maximum atomic E-state index is 13.4. The number of halogens is 1. The predicted octanol–water partition coefficient (Wildman–Crippen LogP) is 5.51. The molecule has 0 spiro atoms. The van der Waals surface area contributed by atoms with Crippen LogP contribution in [-0.4, -0.2) is 52.2 Å². The highest BCUT2D eigenvalue weighted by molar-refractivity contribution is 5.65. The molecule has 0 amide bonds. The normalized spacial score (nSPS) is 12.6. The fraction of sp³-hybridized carbons (Fsp3) is 0.464. The largest absolute Gasteiger partial charge is 0.439 e. The summed E-state index contributed by atoms with van der Waals surface area (Å²) in [6, 6.07) is 16.0. The first-order valence-corrected chi connectivity index (χ1v) is 12.3. The average molecular weight is 484 g/mol. The molecule has 0 saturated heterocycles. The quantitative estimate of drug-likeness (QED) is 0.347. The van der Waals surface area contributed by atoms with E-state index in [1.807, 2.05) is 37.4 Å². The maximum absolute atomic E-state index is 13.4. The van der Waals surface area contributed by atoms with Crippen molar-refractivity contribution in [2.24, 2.45) is 18.9 Å². The van der Waals surface area contributed by atoms with E-state index < -0.39 is 6.10 Å². The Bertz CT molecular complexity index is 1040. The first-order valence-electron chi connectivity index (χ1n) is 12.3. The fourth-order valence-corrected chi connectivity index (χ4v) is 4.00. The molecule has 2 aromatic carbocycles. The van der Waals surface area contributed by atoms with E-state index >= 15 is 0 Å². The standard InChI is InChI=1S/C28H38FN3O3/c1-20(2)15-32(16-24(33)19-34-18-21(3)4)17-26-27(22-9-7-6-8-10-22)30-31(5)28(26)35-25-13-11-23(29)12-14-25/h6-14,20-21,24,33H,15-19H2,1-5H3. The van der Waals surface area contributed by atoms with Crippen LogP contribution in [0.25, 0.3) is 11.3 Å². The van der Waals surface area contributed by atoms with Gasteiger partial charge in [0.25, 0.3) is 0 Å². The minimum absolute atomic E-state index is 0.296. The topological polar surface area (TPSA) is 59.8 Å². The van der Waals surface area contributed by atoms with Crippen molar-refractivity contribution in [2.45, 2.75) is 40.3 Å². The maximum Gasteiger partial charge on any atom is 0.222 e. The Morgan fingerprint density at radius 2 is 1.63 bits per heavy atom. The van der Waals surface area contributed by atoms with Crippen molar-refractivity contribution in [3.8, 4) is 22.9 Å². The zero-order valence-electron chi connectivity index (χ0n) is 21.4. The van der Waals surface area contributed by atoms with E-state index in [2.05, 4.69) is 32.6 Å². The van der Waals surface area contributed by atoms with E-state index in [1.165, 1.54) is 12.1 Å². The summed E-state index contributed by atoms with van der Waals surface area (Å²) in [5.74, 6) is 1.63. The zero-order chi connectivity index (χ0) is 25.4. The molecule has 0 fully saturated rings. The highest BCUT2D eigenvalue weighted by Crippen LogP contribution is 2.34. The van der Waals surface area contributed by atoms with Crippen molar-refractivity contribution in [1.82, 2.24) is 14.7 Å². The van der Waals surface area contributed by atoms with Crippen LogP contribution in [0.2, 0.25) is 0 Å². The Balaban J connectivity index is 1.91. The van der Waals surface area contributed by atoms with Gasteiger partial charge in [-0.05, 0) is 36.1 Å². The second kappa shape index (κ2) is 12.8. The van der Waals surface area contributed by atoms with Gasteiger partial charge in [-0.15, -0.1) is 0 Å². The molecule has 7 heteroatoms. The third-order valence-corrected chi connectivity index (χ3v) is 5.40. The number of aromatic nitrogens is 2. The lowest BCUT2D eigenvalue weighted by molar-refractivity contribution is 0.00516. The monoisotopic (exact) mass is 483 g/mol. The number of hydrogen-bond donors (Lipinski definition) is 1. The zero-order valence-corrected chi connectivity index (χ0v) is 21.4. The Kier molecular flexibility index (Phi) is 9.83. The van der Waals surface area contributed by atoms with Gasteiger partial charge in [0, 0.05) is 38.9 Å². The molecular weight excluding hydrogens is 445 g/mol. The lowest BCUT2D eigenvalue weighted by Gasteiger charge is -2.27. The van der Waals surface area contributed by atoms with Crippen molar-refractivity contribution < 1.29 is 19.0 Å². The van der Waals surface area contributed by atoms with E-state index in [0.717, 1.165) is 23.4 Å². The molecule has 1 N–H and O–H groups in total. The third-order valence-electron chi connectivity index (χ3n) is 5.40. The Hall–Kier alpha value is -2.74. The highest BCUT2D eigenvalue weighted by atomic mass is 19.1. The number of ether oxygens (including phenoxy) is 2. The van der Waals surface area contributed by atoms with Gasteiger partial charge in [0.2, 0.25) is 5.88 Å². The van der Waals surface area contributed by atoms with E-state index in [0.29, 0.717) is 49.8 Å². The summed E-state index contributed by atoms with van der Waals surface area (Å²) in [6.07, 6.45) is -0.606. The van der Waals surface area contributed by atoms with Gasteiger partial charge in [-0.1, -0.05) is 58.0 Å². The summed E-state index contributed by atoms with van der Waals surface area (Å²) in [5, 5.41) is 15.5. The number of aliphatic hydroxyl groups excluding tert-OH is 1. The van der Waals surface area contributed by atoms with E-state index in [4.69, 9.17) is 14.6 Å². The highest BCUT2D eigenvalue weighted by Gasteiger charge is 2.24. The van der Waals surface area contributed by atoms with Gasteiger partial charge < -0.3 is 14.6 Å². The van der Waals surface area contributed by atoms with Crippen LogP contribution in [0.5, 0.6) is 11.6 Å². The van der Waals surface area contributed by atoms with Gasteiger partial charge in [0.1, 0.15) is 17.3 Å². The van der Waals surface area contributed by atoms with Gasteiger partial charge >= 0.3 is 0 Å². The van der Waals surface area contributed by atoms with Gasteiger partial charge in [-0.3, -0.25) is 4.90 Å². The fourth-order valence-electron chi connectivity index (χ4n) is 4.00. The van der Waals surface area contributed by atoms with Crippen LogP contribution in [0.15, 0.2) is 54.6 Å². The number of aryl methyl sites for hydroxylation is 1. The molecule has 6 nitrogen and oxygen atoms in total. The Morgan fingerprint density at radius 3 is 2.26 bits per heavy atom. The summed E-state index contributed by atoms with van der Waals surface area (Å²) in [4.78, 5) is 2.22. The lowest BCUT2D eigenvalue weighted by atomic mass is 10.1. The SMILES string of the molecule is CC(C)COCC(O)CN(Cc1c(-c2ccccc2)nn(C)c1Oc1ccc(F)cc1)CC(C)C. The molecule has 1 heterocycles. The molecule has 1 unspecified atom stereocenters. The van der Waals surface area contributed by atoms with Crippen LogP contribution < -0.4 is 4.74 Å². The average Bonchev–Trinajstić information content (AvgIpc) is 3.10. The summed E-state index contributed by atoms with van der Waals surface area (Å²) in [7, 11) is 1.84. The molecule has 0 saturated carbocycles. The van der Waals surface area contributed by atoms with Crippen LogP contribution in [0.3, 0.4) is 0 Å². The molecule has 3 rings (SSSR count). The molecule has 190 valence electrons. The molecule has 0 bridgehead atoms. The van der Waals surface area contributed by atoms with Crippen molar-refractivity contribution in [3.05, 3.63) is 66.0 Å². The van der Waals surface area contributed by atoms with Crippen molar-refractivity contribution in [3.63, 3.8) is 0 Å². The van der Waals surface area contributed by atoms with Gasteiger partial charge in [0.05, 0.1) is 18.3 Å². The van der Waals surface area contributed by atoms with Crippen LogP contribution in [0.1, 0.15) is 33.3 Å². The van der Waals surface area contributed by atoms with Gasteiger partial charge in [0.15, 0.2) is 0 Å². The number of nitrogens with zero attached hydrogens (tertiary/aromatic N) is 3. The smallest absolute Gasteiger partial charge is 0.222 e. The van der Waals surface area contributed by atoms with Crippen LogP contribution in [-0.2, 0) is 18.3 Å². The van der Waals surface area contributed by atoms with E-state index in [1.54, 1.807) is 16.8 Å². The molecule has 0 aliphatic heterocycles. The number of benzene rings is 2. The van der Waals surface area contributed by atoms with Gasteiger partial charge in [-0.2, -0.15) is 5.10 Å². The molecule has 0 radical (unpaired) electrons. The summed E-state index contributed by atoms with van der Waals surface area (Å²) in [5.41, 5.74) is 2.72. The van der Waals surface area contributed by atoms with Crippen LogP contribution >= 0.6 is 0 Å². The van der Waals surface area contributed by atoms with Crippen molar-refractivity contribution in [1.29, 1.82) is 0 Å². The van der Waals surface area contributed by atoms with Crippen molar-refractivity contribution >= 4 is 0 Å². The molecule has 3 aromatic rings. The second-order valence-corrected chi connectivity index (χ2v) is 9.85. The molecule has 0 aliphatic carbocycles. The third kappa shape index (κ3) is 8.16. The Morgan fingerprint density at radius 1 is 0.943 bits per heavy atom. The minimum atomic E-state index is -0.606. The van der Waals surface area contributed by atoms with Gasteiger partial charge in [-0.25, -0.2) is 9.07 Å². The lowest BCUT2D eigenvalue weighted by Crippen LogP contribution is -2.37. The Labute approximate surface area is 208 Å². The summed E-state index contributed by atoms with van der Waals surface area (Å²) >= 11 is 0. The van der Waals surface area contributed by atoms with E-state index in [9.17, 15) is 9.50 Å². The van der Waals surface area contributed by atoms with Crippen molar-refractivity contribution in [2.75, 3.05) is 26.3 Å². The molecule has 1 aromatic heterocycles. The number of rotatable bonds is 13. The van der Waals surface area contributed by atoms with Crippen LogP contribution in [0, 0.1) is 17.7 Å². The second-order valence-electron chi connectivity index (χ2n) is 9.85. The molecule has 1 atom stereocenters. The number of hydrogen-bond acceptors (Lipinski definition) is 5. The van der Waals surface area contributed by atoms with E-state index in [-0.39, 0.29) is 5.82 Å².